The third-order valence-electron chi connectivity index (χ3n) is 2.92. The van der Waals surface area contributed by atoms with Crippen molar-refractivity contribution in [2.45, 2.75) is 32.0 Å². The zero-order valence-corrected chi connectivity index (χ0v) is 9.36. The Kier molecular flexibility index (Phi) is 4.81. The number of ether oxygens (including phenoxy) is 1. The molecule has 0 spiro atoms. The van der Waals surface area contributed by atoms with Crippen molar-refractivity contribution >= 4 is 0 Å². The molecule has 2 N–H and O–H groups in total. The van der Waals surface area contributed by atoms with Crippen LogP contribution in [-0.2, 0) is 4.74 Å². The van der Waals surface area contributed by atoms with E-state index in [0.29, 0.717) is 12.6 Å². The maximum Gasteiger partial charge on any atom is 0.0831 e. The van der Waals surface area contributed by atoms with Crippen molar-refractivity contribution in [3.05, 3.63) is 0 Å². The molecule has 14 heavy (non-hydrogen) atoms. The lowest BCUT2D eigenvalue weighted by Gasteiger charge is -2.34. The van der Waals surface area contributed by atoms with Gasteiger partial charge >= 0.3 is 0 Å². The highest BCUT2D eigenvalue weighted by Crippen LogP contribution is 2.12. The number of nitrogens with zero attached hydrogens (tertiary/aromatic N) is 1. The van der Waals surface area contributed by atoms with E-state index in [1.807, 2.05) is 0 Å². The van der Waals surface area contributed by atoms with Gasteiger partial charge in [0.1, 0.15) is 0 Å². The fraction of sp³-hybridized carbons (Fsp3) is 1.00. The van der Waals surface area contributed by atoms with E-state index < -0.39 is 0 Å². The number of likely N-dealkylation sites (N-methyl/N-ethyl adjacent to an activating group) is 1. The smallest absolute Gasteiger partial charge is 0.0831 e. The number of nitrogens with one attached hydrogen (secondary N) is 1. The molecule has 0 saturated carbocycles. The van der Waals surface area contributed by atoms with E-state index >= 15 is 0 Å². The van der Waals surface area contributed by atoms with Gasteiger partial charge in [-0.15, -0.1) is 0 Å². The number of aliphatic hydroxyl groups excluding tert-OH is 1. The molecule has 1 rings (SSSR count). The van der Waals surface area contributed by atoms with Crippen LogP contribution in [0, 0.1) is 0 Å². The summed E-state index contributed by atoms with van der Waals surface area (Å²) in [5, 5.41) is 13.0. The van der Waals surface area contributed by atoms with Crippen LogP contribution in [0.4, 0.5) is 0 Å². The minimum absolute atomic E-state index is 0.241. The molecule has 0 radical (unpaired) electrons. The molecule has 0 aromatic rings. The fourth-order valence-corrected chi connectivity index (χ4v) is 2.20. The zero-order chi connectivity index (χ0) is 10.6. The first-order valence-electron chi connectivity index (χ1n) is 5.34. The van der Waals surface area contributed by atoms with E-state index in [-0.39, 0.29) is 12.1 Å². The van der Waals surface area contributed by atoms with E-state index in [1.165, 1.54) is 0 Å². The number of hydrogen-bond acceptors (Lipinski definition) is 4. The average Bonchev–Trinajstić information content (AvgIpc) is 2.54. The number of rotatable bonds is 5. The van der Waals surface area contributed by atoms with Crippen molar-refractivity contribution in [2.24, 2.45) is 0 Å². The Morgan fingerprint density at radius 3 is 2.71 bits per heavy atom. The molecule has 0 aromatic heterocycles. The maximum absolute atomic E-state index is 9.76. The van der Waals surface area contributed by atoms with Crippen molar-refractivity contribution in [1.29, 1.82) is 0 Å². The standard InChI is InChI=1S/C10H22N2O2/c1-4-12(8(2)7-14-3)9-5-11-6-10(9)13/h8-11,13H,4-7H2,1-3H3. The molecule has 0 bridgehead atoms. The molecule has 1 aliphatic heterocycles. The molecule has 0 aromatic carbocycles. The van der Waals surface area contributed by atoms with Gasteiger partial charge in [-0.05, 0) is 13.5 Å². The average molecular weight is 202 g/mol. The first kappa shape index (κ1) is 11.9. The number of aliphatic hydroxyl groups is 1. The summed E-state index contributed by atoms with van der Waals surface area (Å²) in [5.41, 5.74) is 0. The van der Waals surface area contributed by atoms with Crippen LogP contribution < -0.4 is 5.32 Å². The van der Waals surface area contributed by atoms with E-state index in [9.17, 15) is 5.11 Å². The largest absolute Gasteiger partial charge is 0.390 e. The molecule has 3 atom stereocenters. The van der Waals surface area contributed by atoms with E-state index in [4.69, 9.17) is 4.74 Å². The molecule has 1 fully saturated rings. The number of methoxy groups -OCH3 is 1. The fourth-order valence-electron chi connectivity index (χ4n) is 2.20. The van der Waals surface area contributed by atoms with Gasteiger partial charge in [-0.25, -0.2) is 0 Å². The molecule has 1 heterocycles. The van der Waals surface area contributed by atoms with Crippen molar-refractivity contribution in [1.82, 2.24) is 10.2 Å². The number of β-amino-alcohol motifs (C(OH)–C–C–N with tert-alkyl or cyclic N) is 1. The summed E-state index contributed by atoms with van der Waals surface area (Å²) >= 11 is 0. The Labute approximate surface area is 86.2 Å². The van der Waals surface area contributed by atoms with Crippen LogP contribution in [0.25, 0.3) is 0 Å². The van der Waals surface area contributed by atoms with Crippen LogP contribution in [-0.4, -0.2) is 61.5 Å². The van der Waals surface area contributed by atoms with Crippen LogP contribution in [0.15, 0.2) is 0 Å². The first-order chi connectivity index (χ1) is 6.70. The van der Waals surface area contributed by atoms with Gasteiger partial charge in [0.05, 0.1) is 12.7 Å². The summed E-state index contributed by atoms with van der Waals surface area (Å²) in [6.45, 7) is 7.52. The SMILES string of the molecule is CCN(C(C)COC)C1CNCC1O. The molecule has 0 amide bonds. The van der Waals surface area contributed by atoms with Gasteiger partial charge in [-0.2, -0.15) is 0 Å². The third kappa shape index (κ3) is 2.67. The monoisotopic (exact) mass is 202 g/mol. The van der Waals surface area contributed by atoms with Crippen molar-refractivity contribution < 1.29 is 9.84 Å². The van der Waals surface area contributed by atoms with Gasteiger partial charge in [0.2, 0.25) is 0 Å². The van der Waals surface area contributed by atoms with Crippen LogP contribution >= 0.6 is 0 Å². The number of hydrogen-bond donors (Lipinski definition) is 2. The van der Waals surface area contributed by atoms with E-state index in [1.54, 1.807) is 7.11 Å². The molecule has 1 saturated heterocycles. The molecule has 4 nitrogen and oxygen atoms in total. The zero-order valence-electron chi connectivity index (χ0n) is 9.36. The lowest BCUT2D eigenvalue weighted by molar-refractivity contribution is 0.0314. The topological polar surface area (TPSA) is 44.7 Å². The van der Waals surface area contributed by atoms with Gasteiger partial charge in [0.25, 0.3) is 0 Å². The second-order valence-corrected chi connectivity index (χ2v) is 3.93. The van der Waals surface area contributed by atoms with Crippen LogP contribution in [0.2, 0.25) is 0 Å². The second-order valence-electron chi connectivity index (χ2n) is 3.93. The van der Waals surface area contributed by atoms with Crippen LogP contribution in [0.5, 0.6) is 0 Å². The van der Waals surface area contributed by atoms with E-state index in [0.717, 1.165) is 19.7 Å². The second kappa shape index (κ2) is 5.66. The maximum atomic E-state index is 9.76. The highest BCUT2D eigenvalue weighted by Gasteiger charge is 2.31. The highest BCUT2D eigenvalue weighted by molar-refractivity contribution is 4.90. The quantitative estimate of drug-likeness (QED) is 0.641. The molecule has 84 valence electrons. The highest BCUT2D eigenvalue weighted by atomic mass is 16.5. The molecule has 4 heteroatoms. The summed E-state index contributed by atoms with van der Waals surface area (Å²) in [6, 6.07) is 0.606. The molecule has 0 aliphatic carbocycles. The predicted molar refractivity (Wildman–Crippen MR) is 56.4 cm³/mol. The lowest BCUT2D eigenvalue weighted by Crippen LogP contribution is -2.49. The Balaban J connectivity index is 2.51. The van der Waals surface area contributed by atoms with E-state index in [2.05, 4.69) is 24.1 Å². The summed E-state index contributed by atoms with van der Waals surface area (Å²) in [5.74, 6) is 0. The van der Waals surface area contributed by atoms with Gasteiger partial charge in [0, 0.05) is 32.3 Å². The minimum atomic E-state index is -0.241. The molecular weight excluding hydrogens is 180 g/mol. The molecule has 1 aliphatic rings. The minimum Gasteiger partial charge on any atom is -0.390 e. The predicted octanol–water partition coefficient (Wildman–Crippen LogP) is -0.324. The lowest BCUT2D eigenvalue weighted by atomic mass is 10.1. The Morgan fingerprint density at radius 1 is 1.57 bits per heavy atom. The van der Waals surface area contributed by atoms with Crippen LogP contribution in [0.3, 0.4) is 0 Å². The normalized spacial score (nSPS) is 29.8. The van der Waals surface area contributed by atoms with Gasteiger partial charge in [0.15, 0.2) is 0 Å². The van der Waals surface area contributed by atoms with Gasteiger partial charge < -0.3 is 15.2 Å². The first-order valence-corrected chi connectivity index (χ1v) is 5.34. The summed E-state index contributed by atoms with van der Waals surface area (Å²) in [7, 11) is 1.72. The molecule has 3 unspecified atom stereocenters. The Morgan fingerprint density at radius 2 is 2.29 bits per heavy atom. The van der Waals surface area contributed by atoms with Crippen molar-refractivity contribution in [3.63, 3.8) is 0 Å². The molecular formula is C10H22N2O2. The summed E-state index contributed by atoms with van der Waals surface area (Å²) < 4.78 is 5.14. The summed E-state index contributed by atoms with van der Waals surface area (Å²) in [4.78, 5) is 2.30. The Hall–Kier alpha value is -0.160. The van der Waals surface area contributed by atoms with Gasteiger partial charge in [-0.1, -0.05) is 6.92 Å². The van der Waals surface area contributed by atoms with Crippen molar-refractivity contribution in [3.8, 4) is 0 Å². The third-order valence-corrected chi connectivity index (χ3v) is 2.92. The van der Waals surface area contributed by atoms with Gasteiger partial charge in [-0.3, -0.25) is 4.90 Å². The van der Waals surface area contributed by atoms with Crippen molar-refractivity contribution in [2.75, 3.05) is 33.4 Å². The Bertz CT molecular complexity index is 166. The summed E-state index contributed by atoms with van der Waals surface area (Å²) in [6.07, 6.45) is -0.241. The van der Waals surface area contributed by atoms with Crippen LogP contribution in [0.1, 0.15) is 13.8 Å².